The number of benzene rings is 1. The molecule has 1 saturated carbocycles. The third-order valence-electron chi connectivity index (χ3n) is 3.72. The SMILES string of the molecule is Brc1ccccc1CC(CNC1CC1)Cc1cscn1. The highest BCUT2D eigenvalue weighted by Gasteiger charge is 2.22. The maximum atomic E-state index is 4.44. The summed E-state index contributed by atoms with van der Waals surface area (Å²) < 4.78 is 1.22. The van der Waals surface area contributed by atoms with E-state index in [-0.39, 0.29) is 0 Å². The third-order valence-corrected chi connectivity index (χ3v) is 5.13. The lowest BCUT2D eigenvalue weighted by Crippen LogP contribution is -2.27. The molecule has 1 aromatic heterocycles. The Morgan fingerprint density at radius 3 is 2.85 bits per heavy atom. The van der Waals surface area contributed by atoms with Gasteiger partial charge < -0.3 is 5.32 Å². The number of aromatic nitrogens is 1. The van der Waals surface area contributed by atoms with E-state index in [9.17, 15) is 0 Å². The summed E-state index contributed by atoms with van der Waals surface area (Å²) in [6, 6.07) is 9.31. The van der Waals surface area contributed by atoms with E-state index in [4.69, 9.17) is 0 Å². The molecule has 0 bridgehead atoms. The lowest BCUT2D eigenvalue weighted by Gasteiger charge is -2.17. The van der Waals surface area contributed by atoms with Crippen LogP contribution in [0.25, 0.3) is 0 Å². The fourth-order valence-corrected chi connectivity index (χ4v) is 3.46. The van der Waals surface area contributed by atoms with Gasteiger partial charge in [0.1, 0.15) is 0 Å². The number of hydrogen-bond acceptors (Lipinski definition) is 3. The summed E-state index contributed by atoms with van der Waals surface area (Å²) in [7, 11) is 0. The Morgan fingerprint density at radius 1 is 1.30 bits per heavy atom. The molecule has 1 N–H and O–H groups in total. The Balaban J connectivity index is 1.65. The molecular weight excluding hydrogens is 332 g/mol. The molecule has 1 unspecified atom stereocenters. The molecule has 4 heteroatoms. The van der Waals surface area contributed by atoms with Crippen LogP contribution in [0, 0.1) is 5.92 Å². The molecule has 3 rings (SSSR count). The zero-order valence-electron chi connectivity index (χ0n) is 11.4. The van der Waals surface area contributed by atoms with Gasteiger partial charge in [0.15, 0.2) is 0 Å². The number of nitrogens with zero attached hydrogens (tertiary/aromatic N) is 1. The number of nitrogens with one attached hydrogen (secondary N) is 1. The highest BCUT2D eigenvalue weighted by molar-refractivity contribution is 9.10. The van der Waals surface area contributed by atoms with Crippen molar-refractivity contribution in [3.63, 3.8) is 0 Å². The molecule has 1 aliphatic rings. The minimum absolute atomic E-state index is 0.608. The fraction of sp³-hybridized carbons (Fsp3) is 0.438. The molecule has 0 spiro atoms. The Hall–Kier alpha value is -0.710. The van der Waals surface area contributed by atoms with E-state index in [2.05, 4.69) is 55.9 Å². The monoisotopic (exact) mass is 350 g/mol. The first-order valence-corrected chi connectivity index (χ1v) is 8.88. The van der Waals surface area contributed by atoms with Crippen molar-refractivity contribution in [1.29, 1.82) is 0 Å². The maximum Gasteiger partial charge on any atom is 0.0794 e. The van der Waals surface area contributed by atoms with Crippen LogP contribution in [-0.4, -0.2) is 17.6 Å². The lowest BCUT2D eigenvalue weighted by molar-refractivity contribution is 0.465. The highest BCUT2D eigenvalue weighted by Crippen LogP contribution is 2.23. The van der Waals surface area contributed by atoms with E-state index in [0.717, 1.165) is 25.4 Å². The smallest absolute Gasteiger partial charge is 0.0794 e. The van der Waals surface area contributed by atoms with Crippen molar-refractivity contribution in [1.82, 2.24) is 10.3 Å². The zero-order chi connectivity index (χ0) is 13.8. The van der Waals surface area contributed by atoms with E-state index in [1.165, 1.54) is 28.6 Å². The Bertz CT molecular complexity index is 537. The molecule has 2 aromatic rings. The topological polar surface area (TPSA) is 24.9 Å². The molecule has 1 atom stereocenters. The molecule has 0 saturated heterocycles. The van der Waals surface area contributed by atoms with E-state index in [1.54, 1.807) is 11.3 Å². The largest absolute Gasteiger partial charge is 0.314 e. The Kier molecular flexibility index (Phi) is 4.86. The van der Waals surface area contributed by atoms with Gasteiger partial charge in [-0.3, -0.25) is 0 Å². The van der Waals surface area contributed by atoms with Crippen molar-refractivity contribution in [2.24, 2.45) is 5.92 Å². The summed E-state index contributed by atoms with van der Waals surface area (Å²) in [5.41, 5.74) is 4.55. The van der Waals surface area contributed by atoms with E-state index < -0.39 is 0 Å². The molecule has 106 valence electrons. The molecule has 20 heavy (non-hydrogen) atoms. The average Bonchev–Trinajstić information content (AvgIpc) is 3.15. The van der Waals surface area contributed by atoms with Crippen LogP contribution in [-0.2, 0) is 12.8 Å². The van der Waals surface area contributed by atoms with Crippen molar-refractivity contribution in [2.45, 2.75) is 31.7 Å². The van der Waals surface area contributed by atoms with Gasteiger partial charge in [0, 0.05) is 15.9 Å². The highest BCUT2D eigenvalue weighted by atomic mass is 79.9. The first kappa shape index (κ1) is 14.2. The molecule has 1 fully saturated rings. The van der Waals surface area contributed by atoms with Gasteiger partial charge in [-0.2, -0.15) is 0 Å². The van der Waals surface area contributed by atoms with Crippen LogP contribution in [0.3, 0.4) is 0 Å². The molecular formula is C16H19BrN2S. The summed E-state index contributed by atoms with van der Waals surface area (Å²) in [6.45, 7) is 1.09. The second-order valence-corrected chi connectivity index (χ2v) is 7.10. The molecule has 0 aliphatic heterocycles. The summed E-state index contributed by atoms with van der Waals surface area (Å²) in [6.07, 6.45) is 4.85. The first-order chi connectivity index (χ1) is 9.81. The van der Waals surface area contributed by atoms with Gasteiger partial charge in [0.05, 0.1) is 11.2 Å². The van der Waals surface area contributed by atoms with Gasteiger partial charge in [-0.1, -0.05) is 34.1 Å². The Morgan fingerprint density at radius 2 is 2.15 bits per heavy atom. The van der Waals surface area contributed by atoms with Crippen molar-refractivity contribution in [3.05, 3.63) is 50.9 Å². The molecule has 2 nitrogen and oxygen atoms in total. The molecule has 1 aromatic carbocycles. The van der Waals surface area contributed by atoms with Gasteiger partial charge in [-0.25, -0.2) is 4.98 Å². The summed E-state index contributed by atoms with van der Waals surface area (Å²) in [5.74, 6) is 0.608. The van der Waals surface area contributed by atoms with Crippen LogP contribution in [0.15, 0.2) is 39.6 Å². The zero-order valence-corrected chi connectivity index (χ0v) is 13.8. The molecule has 1 aliphatic carbocycles. The maximum absolute atomic E-state index is 4.44. The molecule has 0 amide bonds. The van der Waals surface area contributed by atoms with Crippen LogP contribution >= 0.6 is 27.3 Å². The Labute approximate surface area is 132 Å². The van der Waals surface area contributed by atoms with Crippen molar-refractivity contribution in [3.8, 4) is 0 Å². The van der Waals surface area contributed by atoms with Crippen LogP contribution in [0.2, 0.25) is 0 Å². The second-order valence-electron chi connectivity index (χ2n) is 5.53. The molecule has 0 radical (unpaired) electrons. The van der Waals surface area contributed by atoms with Gasteiger partial charge in [-0.15, -0.1) is 11.3 Å². The lowest BCUT2D eigenvalue weighted by atomic mass is 9.95. The summed E-state index contributed by atoms with van der Waals surface area (Å²) in [4.78, 5) is 4.44. The van der Waals surface area contributed by atoms with E-state index in [1.807, 2.05) is 5.51 Å². The predicted octanol–water partition coefficient (Wildman–Crippen LogP) is 4.06. The minimum Gasteiger partial charge on any atom is -0.314 e. The summed E-state index contributed by atoms with van der Waals surface area (Å²) >= 11 is 5.35. The predicted molar refractivity (Wildman–Crippen MR) is 88.2 cm³/mol. The van der Waals surface area contributed by atoms with Gasteiger partial charge >= 0.3 is 0 Å². The number of rotatable bonds is 7. The number of hydrogen-bond donors (Lipinski definition) is 1. The fourth-order valence-electron chi connectivity index (χ4n) is 2.45. The van der Waals surface area contributed by atoms with E-state index in [0.29, 0.717) is 5.92 Å². The standard InChI is InChI=1S/C16H19BrN2S/c17-16-4-2-1-3-13(16)7-12(9-18-14-5-6-14)8-15-10-20-11-19-15/h1-4,10-12,14,18H,5-9H2. The minimum atomic E-state index is 0.608. The van der Waals surface area contributed by atoms with Gasteiger partial charge in [0.25, 0.3) is 0 Å². The van der Waals surface area contributed by atoms with E-state index >= 15 is 0 Å². The van der Waals surface area contributed by atoms with Crippen LogP contribution in [0.4, 0.5) is 0 Å². The second kappa shape index (κ2) is 6.83. The van der Waals surface area contributed by atoms with Crippen molar-refractivity contribution >= 4 is 27.3 Å². The number of thiazole rings is 1. The van der Waals surface area contributed by atoms with Crippen LogP contribution < -0.4 is 5.32 Å². The van der Waals surface area contributed by atoms with Crippen molar-refractivity contribution in [2.75, 3.05) is 6.54 Å². The normalized spacial score (nSPS) is 16.2. The van der Waals surface area contributed by atoms with Crippen molar-refractivity contribution < 1.29 is 0 Å². The average molecular weight is 351 g/mol. The third kappa shape index (κ3) is 4.14. The van der Waals surface area contributed by atoms with Crippen LogP contribution in [0.5, 0.6) is 0 Å². The molecule has 1 heterocycles. The first-order valence-electron chi connectivity index (χ1n) is 7.15. The van der Waals surface area contributed by atoms with Crippen LogP contribution in [0.1, 0.15) is 24.1 Å². The van der Waals surface area contributed by atoms with Gasteiger partial charge in [-0.05, 0) is 49.8 Å². The quantitative estimate of drug-likeness (QED) is 0.814. The summed E-state index contributed by atoms with van der Waals surface area (Å²) in [5, 5.41) is 5.84. The van der Waals surface area contributed by atoms with Gasteiger partial charge in [0.2, 0.25) is 0 Å². The number of halogens is 1.